The molecule has 1 fully saturated rings. The third kappa shape index (κ3) is 2.09. The van der Waals surface area contributed by atoms with Gasteiger partial charge in [0.1, 0.15) is 12.1 Å². The SMILES string of the molecule is CC(C)c1nn(CC(=O)O)c(=O)c2cc(C3CC3)nn12. The molecule has 0 atom stereocenters. The van der Waals surface area contributed by atoms with Crippen molar-refractivity contribution in [1.29, 1.82) is 0 Å². The molecule has 3 rings (SSSR count). The van der Waals surface area contributed by atoms with Gasteiger partial charge < -0.3 is 5.11 Å². The summed E-state index contributed by atoms with van der Waals surface area (Å²) in [7, 11) is 0. The van der Waals surface area contributed by atoms with Crippen molar-refractivity contribution >= 4 is 11.5 Å². The molecule has 7 heteroatoms. The Kier molecular flexibility index (Phi) is 2.84. The van der Waals surface area contributed by atoms with E-state index >= 15 is 0 Å². The Morgan fingerprint density at radius 1 is 1.45 bits per heavy atom. The fourth-order valence-electron chi connectivity index (χ4n) is 2.24. The summed E-state index contributed by atoms with van der Waals surface area (Å²) in [6.45, 7) is 3.45. The summed E-state index contributed by atoms with van der Waals surface area (Å²) in [5.41, 5.74) is 0.905. The van der Waals surface area contributed by atoms with Crippen LogP contribution in [-0.4, -0.2) is 30.5 Å². The van der Waals surface area contributed by atoms with Gasteiger partial charge in [-0.1, -0.05) is 13.8 Å². The van der Waals surface area contributed by atoms with Crippen LogP contribution in [0.15, 0.2) is 10.9 Å². The lowest BCUT2D eigenvalue weighted by Gasteiger charge is -2.10. The van der Waals surface area contributed by atoms with Gasteiger partial charge in [-0.15, -0.1) is 0 Å². The number of rotatable bonds is 4. The number of carbonyl (C=O) groups is 1. The highest BCUT2D eigenvalue weighted by Gasteiger charge is 2.28. The zero-order valence-electron chi connectivity index (χ0n) is 11.4. The Bertz CT molecular complexity index is 740. The molecule has 106 valence electrons. The molecule has 1 aliphatic carbocycles. The third-order valence-corrected chi connectivity index (χ3v) is 3.42. The van der Waals surface area contributed by atoms with E-state index in [1.807, 2.05) is 13.8 Å². The van der Waals surface area contributed by atoms with Crippen LogP contribution in [-0.2, 0) is 11.3 Å². The van der Waals surface area contributed by atoms with E-state index in [4.69, 9.17) is 5.11 Å². The molecule has 1 aliphatic rings. The highest BCUT2D eigenvalue weighted by atomic mass is 16.4. The lowest BCUT2D eigenvalue weighted by molar-refractivity contribution is -0.138. The minimum absolute atomic E-state index is 0.0464. The minimum atomic E-state index is -1.08. The number of aliphatic carboxylic acids is 1. The molecule has 2 aromatic rings. The van der Waals surface area contributed by atoms with Gasteiger partial charge in [-0.25, -0.2) is 9.20 Å². The second kappa shape index (κ2) is 4.43. The summed E-state index contributed by atoms with van der Waals surface area (Å²) in [4.78, 5) is 23.1. The van der Waals surface area contributed by atoms with Crippen LogP contribution in [0.25, 0.3) is 5.52 Å². The first-order chi connectivity index (χ1) is 9.47. The molecule has 1 N–H and O–H groups in total. The number of nitrogens with zero attached hydrogens (tertiary/aromatic N) is 4. The number of aromatic nitrogens is 4. The van der Waals surface area contributed by atoms with Crippen molar-refractivity contribution in [2.75, 3.05) is 0 Å². The van der Waals surface area contributed by atoms with Crippen LogP contribution in [0.3, 0.4) is 0 Å². The van der Waals surface area contributed by atoms with Gasteiger partial charge in [0.2, 0.25) is 0 Å². The molecule has 0 aliphatic heterocycles. The first kappa shape index (κ1) is 12.8. The first-order valence-electron chi connectivity index (χ1n) is 6.70. The van der Waals surface area contributed by atoms with Gasteiger partial charge >= 0.3 is 5.97 Å². The van der Waals surface area contributed by atoms with Crippen molar-refractivity contribution in [3.8, 4) is 0 Å². The van der Waals surface area contributed by atoms with Crippen molar-refractivity contribution in [3.63, 3.8) is 0 Å². The fourth-order valence-corrected chi connectivity index (χ4v) is 2.24. The molecule has 20 heavy (non-hydrogen) atoms. The molecule has 0 bridgehead atoms. The van der Waals surface area contributed by atoms with Gasteiger partial charge in [-0.2, -0.15) is 10.2 Å². The number of hydrogen-bond donors (Lipinski definition) is 1. The van der Waals surface area contributed by atoms with Gasteiger partial charge in [0.25, 0.3) is 5.56 Å². The summed E-state index contributed by atoms with van der Waals surface area (Å²) in [6.07, 6.45) is 2.19. The van der Waals surface area contributed by atoms with Gasteiger partial charge in [-0.05, 0) is 18.9 Å². The van der Waals surface area contributed by atoms with E-state index < -0.39 is 18.1 Å². The summed E-state index contributed by atoms with van der Waals surface area (Å²) >= 11 is 0. The maximum atomic E-state index is 12.3. The second-order valence-corrected chi connectivity index (χ2v) is 5.51. The number of carboxylic acid groups (broad SMARTS) is 1. The lowest BCUT2D eigenvalue weighted by atomic mass is 10.2. The molecular weight excluding hydrogens is 260 g/mol. The number of fused-ring (bicyclic) bond motifs is 1. The average molecular weight is 276 g/mol. The highest BCUT2D eigenvalue weighted by molar-refractivity contribution is 5.66. The normalized spacial score (nSPS) is 15.2. The summed E-state index contributed by atoms with van der Waals surface area (Å²) in [6, 6.07) is 1.77. The van der Waals surface area contributed by atoms with Gasteiger partial charge in [0.05, 0.1) is 5.69 Å². The average Bonchev–Trinajstić information content (AvgIpc) is 3.11. The summed E-state index contributed by atoms with van der Waals surface area (Å²) in [5.74, 6) is 0.000622. The van der Waals surface area contributed by atoms with E-state index in [0.29, 0.717) is 17.3 Å². The third-order valence-electron chi connectivity index (χ3n) is 3.42. The molecule has 0 saturated heterocycles. The van der Waals surface area contributed by atoms with E-state index in [0.717, 1.165) is 23.2 Å². The monoisotopic (exact) mass is 276 g/mol. The summed E-state index contributed by atoms with van der Waals surface area (Å²) in [5, 5.41) is 17.5. The Balaban J connectivity index is 2.24. The summed E-state index contributed by atoms with van der Waals surface area (Å²) < 4.78 is 2.57. The first-order valence-corrected chi connectivity index (χ1v) is 6.70. The molecule has 0 amide bonds. The van der Waals surface area contributed by atoms with Crippen molar-refractivity contribution < 1.29 is 9.90 Å². The molecule has 2 aromatic heterocycles. The lowest BCUT2D eigenvalue weighted by Crippen LogP contribution is -2.30. The molecule has 2 heterocycles. The van der Waals surface area contributed by atoms with Crippen LogP contribution >= 0.6 is 0 Å². The van der Waals surface area contributed by atoms with E-state index in [1.165, 1.54) is 0 Å². The number of carboxylic acids is 1. The van der Waals surface area contributed by atoms with Crippen LogP contribution in [0.5, 0.6) is 0 Å². The van der Waals surface area contributed by atoms with Crippen LogP contribution in [0.4, 0.5) is 0 Å². The highest BCUT2D eigenvalue weighted by Crippen LogP contribution is 2.39. The second-order valence-electron chi connectivity index (χ2n) is 5.51. The number of hydrogen-bond acceptors (Lipinski definition) is 4. The topological polar surface area (TPSA) is 89.5 Å². The van der Waals surface area contributed by atoms with E-state index in [-0.39, 0.29) is 5.92 Å². The quantitative estimate of drug-likeness (QED) is 0.899. The van der Waals surface area contributed by atoms with Crippen LogP contribution < -0.4 is 5.56 Å². The molecule has 1 saturated carbocycles. The van der Waals surface area contributed by atoms with Crippen LogP contribution in [0, 0.1) is 0 Å². The molecular formula is C13H16N4O3. The zero-order chi connectivity index (χ0) is 14.4. The van der Waals surface area contributed by atoms with Crippen LogP contribution in [0.2, 0.25) is 0 Å². The maximum absolute atomic E-state index is 12.3. The molecule has 0 spiro atoms. The van der Waals surface area contributed by atoms with Crippen molar-refractivity contribution in [1.82, 2.24) is 19.4 Å². The Morgan fingerprint density at radius 2 is 2.15 bits per heavy atom. The fraction of sp³-hybridized carbons (Fsp3) is 0.538. The van der Waals surface area contributed by atoms with Gasteiger partial charge in [0, 0.05) is 11.8 Å². The predicted octanol–water partition coefficient (Wildman–Crippen LogP) is 0.976. The Hall–Kier alpha value is -2.18. The van der Waals surface area contributed by atoms with Gasteiger partial charge in [-0.3, -0.25) is 9.59 Å². The predicted molar refractivity (Wildman–Crippen MR) is 70.9 cm³/mol. The smallest absolute Gasteiger partial charge is 0.325 e. The molecule has 0 radical (unpaired) electrons. The maximum Gasteiger partial charge on any atom is 0.325 e. The van der Waals surface area contributed by atoms with E-state index in [9.17, 15) is 9.59 Å². The van der Waals surface area contributed by atoms with Crippen molar-refractivity contribution in [3.05, 3.63) is 27.9 Å². The van der Waals surface area contributed by atoms with Crippen molar-refractivity contribution in [2.24, 2.45) is 0 Å². The van der Waals surface area contributed by atoms with Gasteiger partial charge in [0.15, 0.2) is 5.82 Å². The largest absolute Gasteiger partial charge is 0.480 e. The molecule has 7 nitrogen and oxygen atoms in total. The van der Waals surface area contributed by atoms with E-state index in [1.54, 1.807) is 10.6 Å². The van der Waals surface area contributed by atoms with E-state index in [2.05, 4.69) is 10.2 Å². The molecule has 0 aromatic carbocycles. The zero-order valence-corrected chi connectivity index (χ0v) is 11.4. The van der Waals surface area contributed by atoms with Crippen LogP contribution in [0.1, 0.15) is 50.0 Å². The standard InChI is InChI=1S/C13H16N4O3/c1-7(2)12-15-16(6-11(18)19)13(20)10-5-9(8-3-4-8)14-17(10)12/h5,7-8H,3-4,6H2,1-2H3,(H,18,19). The minimum Gasteiger partial charge on any atom is -0.480 e. The Labute approximate surface area is 114 Å². The Morgan fingerprint density at radius 3 is 2.70 bits per heavy atom. The molecule has 0 unspecified atom stereocenters. The van der Waals surface area contributed by atoms with Crippen molar-refractivity contribution in [2.45, 2.75) is 45.1 Å².